The molecule has 4 aromatic carbocycles. The molecular formula is C23H19NSi2. The molecule has 5 aromatic rings. The SMILES string of the molecule is Cc1cc[si](-c2cccc3ccc4cc5ccccc5cc4c23)[si](C)n1. The van der Waals surface area contributed by atoms with E-state index in [1.807, 2.05) is 0 Å². The summed E-state index contributed by atoms with van der Waals surface area (Å²) < 4.78 is 4.95. The zero-order chi connectivity index (χ0) is 17.7. The van der Waals surface area contributed by atoms with Gasteiger partial charge in [-0.15, -0.1) is 0 Å². The van der Waals surface area contributed by atoms with E-state index in [0.717, 1.165) is 0 Å². The first-order chi connectivity index (χ1) is 12.7. The molecule has 26 heavy (non-hydrogen) atoms. The van der Waals surface area contributed by atoms with Crippen LogP contribution in [0.2, 0.25) is 0 Å². The van der Waals surface area contributed by atoms with Gasteiger partial charge in [0.2, 0.25) is 0 Å². The Kier molecular flexibility index (Phi) is 3.66. The number of fused-ring (bicyclic) bond motifs is 4. The van der Waals surface area contributed by atoms with Crippen molar-refractivity contribution in [2.24, 2.45) is 6.55 Å². The third kappa shape index (κ3) is 2.47. The summed E-state index contributed by atoms with van der Waals surface area (Å²) in [6.07, 6.45) is 0. The normalized spacial score (nSPS) is 11.5. The van der Waals surface area contributed by atoms with E-state index in [2.05, 4.69) is 91.9 Å². The Bertz CT molecular complexity index is 1310. The number of aryl methyl sites for hydroxylation is 2. The van der Waals surface area contributed by atoms with E-state index >= 15 is 0 Å². The van der Waals surface area contributed by atoms with Crippen molar-refractivity contribution < 1.29 is 0 Å². The van der Waals surface area contributed by atoms with Gasteiger partial charge in [-0.05, 0) is 69.2 Å². The topological polar surface area (TPSA) is 12.9 Å². The van der Waals surface area contributed by atoms with Crippen LogP contribution in [0.25, 0.3) is 37.5 Å². The summed E-state index contributed by atoms with van der Waals surface area (Å²) in [6, 6.07) is 27.0. The van der Waals surface area contributed by atoms with Crippen LogP contribution in [0.1, 0.15) is 5.69 Å². The van der Waals surface area contributed by atoms with E-state index in [4.69, 9.17) is 4.64 Å². The summed E-state index contributed by atoms with van der Waals surface area (Å²) in [5, 5.41) is 9.64. The van der Waals surface area contributed by atoms with Crippen molar-refractivity contribution in [3.8, 4) is 5.19 Å². The van der Waals surface area contributed by atoms with Crippen molar-refractivity contribution in [1.29, 1.82) is 0 Å². The van der Waals surface area contributed by atoms with Gasteiger partial charge in [0.1, 0.15) is 8.07 Å². The summed E-state index contributed by atoms with van der Waals surface area (Å²) in [4.78, 5) is 0. The summed E-state index contributed by atoms with van der Waals surface area (Å²) >= 11 is 0. The Labute approximate surface area is 155 Å². The monoisotopic (exact) mass is 365 g/mol. The molecule has 0 bridgehead atoms. The van der Waals surface area contributed by atoms with Crippen LogP contribution in [-0.4, -0.2) is 20.6 Å². The van der Waals surface area contributed by atoms with E-state index in [1.54, 1.807) is 0 Å². The van der Waals surface area contributed by atoms with Crippen LogP contribution in [0.15, 0.2) is 78.5 Å². The molecule has 3 heteroatoms. The predicted octanol–water partition coefficient (Wildman–Crippen LogP) is 5.43. The lowest BCUT2D eigenvalue weighted by Gasteiger charge is -2.12. The van der Waals surface area contributed by atoms with Crippen LogP contribution in [0.5, 0.6) is 0 Å². The number of hydrogen-bond acceptors (Lipinski definition) is 1. The van der Waals surface area contributed by atoms with Gasteiger partial charge in [0.25, 0.3) is 0 Å². The highest BCUT2D eigenvalue weighted by molar-refractivity contribution is 7.05. The maximum Gasteiger partial charge on any atom is 0.136 e. The molecule has 0 atom stereocenters. The minimum Gasteiger partial charge on any atom is -0.307 e. The Morgan fingerprint density at radius 2 is 1.46 bits per heavy atom. The molecule has 0 saturated heterocycles. The van der Waals surface area contributed by atoms with Crippen LogP contribution in [0.4, 0.5) is 0 Å². The molecule has 0 unspecified atom stereocenters. The van der Waals surface area contributed by atoms with Crippen LogP contribution < -0.4 is 0 Å². The van der Waals surface area contributed by atoms with E-state index < -0.39 is 16.0 Å². The Balaban J connectivity index is 1.94. The second-order valence-electron chi connectivity index (χ2n) is 6.98. The lowest BCUT2D eigenvalue weighted by molar-refractivity contribution is 1.30. The molecule has 0 aliphatic carbocycles. The first kappa shape index (κ1) is 15.7. The number of hydrogen-bond donors (Lipinski definition) is 0. The van der Waals surface area contributed by atoms with Crippen molar-refractivity contribution in [2.75, 3.05) is 0 Å². The molecule has 0 aliphatic rings. The highest BCUT2D eigenvalue weighted by atomic mass is 29.0. The summed E-state index contributed by atoms with van der Waals surface area (Å²) in [5.41, 5.74) is 3.65. The van der Waals surface area contributed by atoms with Crippen LogP contribution >= 0.6 is 0 Å². The highest BCUT2D eigenvalue weighted by Crippen LogP contribution is 2.32. The smallest absolute Gasteiger partial charge is 0.136 e. The van der Waals surface area contributed by atoms with Gasteiger partial charge in [-0.1, -0.05) is 60.3 Å². The van der Waals surface area contributed by atoms with Gasteiger partial charge in [-0.3, -0.25) is 0 Å². The summed E-state index contributed by atoms with van der Waals surface area (Å²) in [7, 11) is -1.50. The van der Waals surface area contributed by atoms with E-state index in [0.29, 0.717) is 0 Å². The third-order valence-electron chi connectivity index (χ3n) is 5.24. The fraction of sp³-hybridized carbons (Fsp3) is 0.0870. The Morgan fingerprint density at radius 3 is 2.27 bits per heavy atom. The van der Waals surface area contributed by atoms with Gasteiger partial charge < -0.3 is 4.64 Å². The number of aromatic nitrogens is 1. The molecule has 1 aromatic heterocycles. The number of benzene rings is 4. The molecular weight excluding hydrogens is 346 g/mol. The average Bonchev–Trinajstić information content (AvgIpc) is 2.66. The third-order valence-corrected chi connectivity index (χ3v) is 12.2. The molecule has 0 radical (unpaired) electrons. The molecule has 1 heterocycles. The van der Waals surface area contributed by atoms with Crippen molar-refractivity contribution in [1.82, 2.24) is 4.64 Å². The summed E-state index contributed by atoms with van der Waals surface area (Å²) in [5.74, 6) is 0. The number of nitrogens with zero attached hydrogens (tertiary/aromatic N) is 1. The summed E-state index contributed by atoms with van der Waals surface area (Å²) in [6.45, 7) is 4.49. The van der Waals surface area contributed by atoms with E-state index in [-0.39, 0.29) is 0 Å². The molecule has 0 spiro atoms. The quantitative estimate of drug-likeness (QED) is 0.219. The minimum atomic E-state index is -0.770. The standard InChI is InChI=1S/C23H19NSi2/c1-16-12-13-26(25(2)24-16)22-9-5-8-17-10-11-20-14-18-6-3-4-7-19(18)15-21(20)23(17)22/h3-15H,1-2H3. The van der Waals surface area contributed by atoms with E-state index in [1.165, 1.54) is 43.2 Å². The van der Waals surface area contributed by atoms with Gasteiger partial charge in [0, 0.05) is 5.69 Å². The molecule has 0 saturated carbocycles. The molecule has 5 rings (SSSR count). The average molecular weight is 366 g/mol. The lowest BCUT2D eigenvalue weighted by atomic mass is 9.98. The van der Waals surface area contributed by atoms with Gasteiger partial charge in [-0.2, -0.15) is 0 Å². The highest BCUT2D eigenvalue weighted by Gasteiger charge is 2.12. The Morgan fingerprint density at radius 1 is 0.731 bits per heavy atom. The van der Waals surface area contributed by atoms with Crippen molar-refractivity contribution >= 4 is 48.3 Å². The second kappa shape index (κ2) is 6.04. The lowest BCUT2D eigenvalue weighted by Crippen LogP contribution is -2.17. The second-order valence-corrected chi connectivity index (χ2v) is 13.9. The fourth-order valence-corrected chi connectivity index (χ4v) is 10.4. The largest absolute Gasteiger partial charge is 0.307 e. The molecule has 1 nitrogen and oxygen atoms in total. The first-order valence-corrected chi connectivity index (χ1v) is 13.5. The number of rotatable bonds is 1. The zero-order valence-corrected chi connectivity index (χ0v) is 17.0. The fourth-order valence-electron chi connectivity index (χ4n) is 4.00. The molecule has 0 amide bonds. The minimum absolute atomic E-state index is 0.730. The molecule has 0 N–H and O–H groups in total. The maximum absolute atomic E-state index is 4.95. The van der Waals surface area contributed by atoms with Crippen LogP contribution in [-0.2, 0) is 6.55 Å². The molecule has 124 valence electrons. The molecule has 0 fully saturated rings. The molecule has 0 aliphatic heterocycles. The van der Waals surface area contributed by atoms with Gasteiger partial charge in [0.15, 0.2) is 0 Å². The zero-order valence-electron chi connectivity index (χ0n) is 15.0. The van der Waals surface area contributed by atoms with Gasteiger partial charge >= 0.3 is 0 Å². The van der Waals surface area contributed by atoms with Gasteiger partial charge in [0.05, 0.1) is 7.90 Å². The van der Waals surface area contributed by atoms with Crippen molar-refractivity contribution in [2.45, 2.75) is 6.92 Å². The van der Waals surface area contributed by atoms with Crippen LogP contribution in [0, 0.1) is 6.92 Å². The predicted molar refractivity (Wildman–Crippen MR) is 116 cm³/mol. The van der Waals surface area contributed by atoms with Gasteiger partial charge in [-0.25, -0.2) is 0 Å². The first-order valence-electron chi connectivity index (χ1n) is 8.99. The van der Waals surface area contributed by atoms with Crippen molar-refractivity contribution in [3.05, 3.63) is 84.2 Å². The van der Waals surface area contributed by atoms with E-state index in [9.17, 15) is 0 Å². The Hall–Kier alpha value is -2.50. The maximum atomic E-state index is 4.95. The van der Waals surface area contributed by atoms with Crippen molar-refractivity contribution in [3.63, 3.8) is 0 Å². The van der Waals surface area contributed by atoms with Crippen LogP contribution in [0.3, 0.4) is 0 Å².